The lowest BCUT2D eigenvalue weighted by Crippen LogP contribution is -2.06. The van der Waals surface area contributed by atoms with Crippen LogP contribution in [0.3, 0.4) is 0 Å². The molecule has 0 aromatic rings. The van der Waals surface area contributed by atoms with E-state index in [4.69, 9.17) is 0 Å². The summed E-state index contributed by atoms with van der Waals surface area (Å²) in [5, 5.41) is 0. The summed E-state index contributed by atoms with van der Waals surface area (Å²) in [7, 11) is 0. The zero-order valence-electron chi connectivity index (χ0n) is 6.90. The average molecular weight is 178 g/mol. The van der Waals surface area contributed by atoms with Gasteiger partial charge in [0, 0.05) is 6.08 Å². The average Bonchev–Trinajstić information content (AvgIpc) is 2.02. The number of allylic oxidation sites excluding steroid dienone is 2. The molecule has 0 bridgehead atoms. The smallest absolute Gasteiger partial charge is 0.167 e. The van der Waals surface area contributed by atoms with E-state index >= 15 is 0 Å². The second-order valence-corrected chi connectivity index (χ2v) is 3.30. The summed E-state index contributed by atoms with van der Waals surface area (Å²) < 4.78 is 35.2. The van der Waals surface area contributed by atoms with Crippen LogP contribution < -0.4 is 0 Å². The van der Waals surface area contributed by atoms with Gasteiger partial charge >= 0.3 is 6.18 Å². The molecule has 0 atom stereocenters. The molecule has 1 aliphatic carbocycles. The highest BCUT2D eigenvalue weighted by atomic mass is 19.4. The van der Waals surface area contributed by atoms with Crippen molar-refractivity contribution in [3.05, 3.63) is 12.2 Å². The molecule has 0 aliphatic heterocycles. The summed E-state index contributed by atoms with van der Waals surface area (Å²) in [6.07, 6.45) is 2.74. The molecule has 1 rings (SSSR count). The van der Waals surface area contributed by atoms with Gasteiger partial charge in [0.1, 0.15) is 0 Å². The molecule has 70 valence electrons. The van der Waals surface area contributed by atoms with Gasteiger partial charge in [0.15, 0.2) is 0 Å². The lowest BCUT2D eigenvalue weighted by Gasteiger charge is -2.17. The van der Waals surface area contributed by atoms with E-state index in [-0.39, 0.29) is 5.92 Å². The molecule has 0 nitrogen and oxygen atoms in total. The molecule has 1 fully saturated rings. The summed E-state index contributed by atoms with van der Waals surface area (Å²) in [6.45, 7) is 0. The summed E-state index contributed by atoms with van der Waals surface area (Å²) in [5.41, 5.74) is 0. The second-order valence-electron chi connectivity index (χ2n) is 3.30. The molecule has 0 saturated heterocycles. The summed E-state index contributed by atoms with van der Waals surface area (Å²) in [5.74, 6) is 0.167. The summed E-state index contributed by atoms with van der Waals surface area (Å²) in [6, 6.07) is 0. The predicted molar refractivity (Wildman–Crippen MR) is 41.8 cm³/mol. The second kappa shape index (κ2) is 3.97. The summed E-state index contributed by atoms with van der Waals surface area (Å²) >= 11 is 0. The third kappa shape index (κ3) is 3.79. The first kappa shape index (κ1) is 9.62. The van der Waals surface area contributed by atoms with Gasteiger partial charge in [-0.2, -0.15) is 13.2 Å². The number of rotatable bonds is 1. The van der Waals surface area contributed by atoms with Crippen LogP contribution in [0.25, 0.3) is 0 Å². The first-order valence-corrected chi connectivity index (χ1v) is 4.34. The maximum Gasteiger partial charge on any atom is 0.409 e. The molecule has 0 spiro atoms. The Bertz CT molecular complexity index is 152. The van der Waals surface area contributed by atoms with Gasteiger partial charge in [0.25, 0.3) is 0 Å². The molecular weight excluding hydrogens is 165 g/mol. The number of hydrogen-bond donors (Lipinski definition) is 0. The van der Waals surface area contributed by atoms with Gasteiger partial charge in [0.2, 0.25) is 0 Å². The van der Waals surface area contributed by atoms with Crippen LogP contribution in [-0.2, 0) is 0 Å². The quantitative estimate of drug-likeness (QED) is 0.537. The van der Waals surface area contributed by atoms with Crippen molar-refractivity contribution in [3.63, 3.8) is 0 Å². The Morgan fingerprint density at radius 1 is 1.00 bits per heavy atom. The first-order valence-electron chi connectivity index (χ1n) is 4.34. The lowest BCUT2D eigenvalue weighted by atomic mass is 9.89. The van der Waals surface area contributed by atoms with E-state index < -0.39 is 6.18 Å². The van der Waals surface area contributed by atoms with Gasteiger partial charge in [-0.15, -0.1) is 0 Å². The molecule has 1 aliphatic rings. The van der Waals surface area contributed by atoms with Crippen molar-refractivity contribution in [2.45, 2.75) is 38.3 Å². The SMILES string of the molecule is FC(F)(F)/C=C\C1CCCCC1. The van der Waals surface area contributed by atoms with Gasteiger partial charge in [-0.3, -0.25) is 0 Å². The maximum absolute atomic E-state index is 11.7. The molecule has 1 saturated carbocycles. The highest BCUT2D eigenvalue weighted by molar-refractivity contribution is 4.94. The number of hydrogen-bond acceptors (Lipinski definition) is 0. The van der Waals surface area contributed by atoms with Crippen molar-refractivity contribution in [3.8, 4) is 0 Å². The van der Waals surface area contributed by atoms with Crippen LogP contribution in [0, 0.1) is 5.92 Å². The Hall–Kier alpha value is -0.470. The largest absolute Gasteiger partial charge is 0.409 e. The standard InChI is InChI=1S/C9H13F3/c10-9(11,12)7-6-8-4-2-1-3-5-8/h6-8H,1-5H2/b7-6-. The van der Waals surface area contributed by atoms with Crippen LogP contribution in [0.15, 0.2) is 12.2 Å². The van der Waals surface area contributed by atoms with E-state index in [9.17, 15) is 13.2 Å². The molecule has 12 heavy (non-hydrogen) atoms. The topological polar surface area (TPSA) is 0 Å². The van der Waals surface area contributed by atoms with Crippen LogP contribution in [0.5, 0.6) is 0 Å². The molecule has 0 unspecified atom stereocenters. The third-order valence-electron chi connectivity index (χ3n) is 2.21. The van der Waals surface area contributed by atoms with Crippen LogP contribution in [0.2, 0.25) is 0 Å². The van der Waals surface area contributed by atoms with Crippen molar-refractivity contribution >= 4 is 0 Å². The molecule has 0 radical (unpaired) electrons. The summed E-state index contributed by atoms with van der Waals surface area (Å²) in [4.78, 5) is 0. The van der Waals surface area contributed by atoms with Gasteiger partial charge in [-0.1, -0.05) is 25.3 Å². The van der Waals surface area contributed by atoms with E-state index in [2.05, 4.69) is 0 Å². The van der Waals surface area contributed by atoms with Crippen molar-refractivity contribution in [1.29, 1.82) is 0 Å². The lowest BCUT2D eigenvalue weighted by molar-refractivity contribution is -0.0803. The van der Waals surface area contributed by atoms with E-state index in [1.807, 2.05) is 0 Å². The minimum Gasteiger partial charge on any atom is -0.167 e. The molecular formula is C9H13F3. The molecule has 0 amide bonds. The van der Waals surface area contributed by atoms with E-state index in [1.54, 1.807) is 0 Å². The molecule has 0 heterocycles. The predicted octanol–water partition coefficient (Wildman–Crippen LogP) is 3.69. The molecule has 0 aromatic heterocycles. The van der Waals surface area contributed by atoms with Crippen LogP contribution >= 0.6 is 0 Å². The fourth-order valence-electron chi connectivity index (χ4n) is 1.57. The molecule has 3 heteroatoms. The molecule has 0 N–H and O–H groups in total. The number of alkyl halides is 3. The van der Waals surface area contributed by atoms with Crippen LogP contribution in [0.4, 0.5) is 13.2 Å². The van der Waals surface area contributed by atoms with E-state index in [0.29, 0.717) is 6.08 Å². The minimum absolute atomic E-state index is 0.167. The van der Waals surface area contributed by atoms with Crippen molar-refractivity contribution in [2.75, 3.05) is 0 Å². The Morgan fingerprint density at radius 2 is 1.58 bits per heavy atom. The van der Waals surface area contributed by atoms with Crippen molar-refractivity contribution < 1.29 is 13.2 Å². The highest BCUT2D eigenvalue weighted by Gasteiger charge is 2.23. The van der Waals surface area contributed by atoms with Gasteiger partial charge in [-0.25, -0.2) is 0 Å². The zero-order chi connectivity index (χ0) is 9.03. The Labute approximate surface area is 70.5 Å². The minimum atomic E-state index is -4.13. The first-order chi connectivity index (χ1) is 5.58. The van der Waals surface area contributed by atoms with Gasteiger partial charge in [0.05, 0.1) is 0 Å². The highest BCUT2D eigenvalue weighted by Crippen LogP contribution is 2.26. The molecule has 0 aromatic carbocycles. The van der Waals surface area contributed by atoms with Crippen LogP contribution in [-0.4, -0.2) is 6.18 Å². The van der Waals surface area contributed by atoms with Gasteiger partial charge < -0.3 is 0 Å². The monoisotopic (exact) mass is 178 g/mol. The van der Waals surface area contributed by atoms with Crippen molar-refractivity contribution in [1.82, 2.24) is 0 Å². The Balaban J connectivity index is 2.33. The Morgan fingerprint density at radius 3 is 2.08 bits per heavy atom. The van der Waals surface area contributed by atoms with E-state index in [1.165, 1.54) is 12.5 Å². The fraction of sp³-hybridized carbons (Fsp3) is 0.778. The van der Waals surface area contributed by atoms with Gasteiger partial charge in [-0.05, 0) is 18.8 Å². The normalized spacial score (nSPS) is 21.9. The maximum atomic E-state index is 11.7. The zero-order valence-corrected chi connectivity index (χ0v) is 6.90. The fourth-order valence-corrected chi connectivity index (χ4v) is 1.57. The van der Waals surface area contributed by atoms with E-state index in [0.717, 1.165) is 25.7 Å². The number of halogens is 3. The van der Waals surface area contributed by atoms with Crippen molar-refractivity contribution in [2.24, 2.45) is 5.92 Å². The Kier molecular flexibility index (Phi) is 3.18. The van der Waals surface area contributed by atoms with Crippen LogP contribution in [0.1, 0.15) is 32.1 Å². The third-order valence-corrected chi connectivity index (χ3v) is 2.21.